The van der Waals surface area contributed by atoms with Gasteiger partial charge >= 0.3 is 0 Å². The Morgan fingerprint density at radius 2 is 2.06 bits per heavy atom. The minimum absolute atomic E-state index is 0.134. The molecule has 1 aromatic carbocycles. The van der Waals surface area contributed by atoms with E-state index in [-0.39, 0.29) is 30.4 Å². The summed E-state index contributed by atoms with van der Waals surface area (Å²) >= 11 is 0. The Hall–Kier alpha value is -0.930. The highest BCUT2D eigenvalue weighted by Gasteiger charge is 2.16. The molecule has 0 fully saturated rings. The molecule has 0 aliphatic rings. The molecule has 0 bridgehead atoms. The zero-order valence-electron chi connectivity index (χ0n) is 10.8. The van der Waals surface area contributed by atoms with Crippen molar-refractivity contribution in [2.45, 2.75) is 39.3 Å². The molecule has 0 radical (unpaired) electrons. The Balaban J connectivity index is 2.72. The lowest BCUT2D eigenvalue weighted by atomic mass is 9.99. The number of halogens is 1. The second-order valence-corrected chi connectivity index (χ2v) is 4.63. The lowest BCUT2D eigenvalue weighted by Crippen LogP contribution is -2.36. The van der Waals surface area contributed by atoms with E-state index < -0.39 is 0 Å². The van der Waals surface area contributed by atoms with Crippen molar-refractivity contribution < 1.29 is 9.50 Å². The molecule has 1 aromatic rings. The topological polar surface area (TPSA) is 32.3 Å². The van der Waals surface area contributed by atoms with E-state index in [0.717, 1.165) is 12.0 Å². The van der Waals surface area contributed by atoms with Gasteiger partial charge in [-0.15, -0.1) is 0 Å². The van der Waals surface area contributed by atoms with Gasteiger partial charge in [0, 0.05) is 18.7 Å². The van der Waals surface area contributed by atoms with E-state index in [0.29, 0.717) is 0 Å². The summed E-state index contributed by atoms with van der Waals surface area (Å²) in [4.78, 5) is 0. The third-order valence-corrected chi connectivity index (χ3v) is 3.26. The fourth-order valence-electron chi connectivity index (χ4n) is 1.81. The first-order chi connectivity index (χ1) is 8.08. The number of benzene rings is 1. The van der Waals surface area contributed by atoms with Crippen LogP contribution in [0, 0.1) is 11.7 Å². The molecule has 0 aromatic heterocycles. The molecule has 3 atom stereocenters. The Kier molecular flexibility index (Phi) is 5.59. The smallest absolute Gasteiger partial charge is 0.123 e. The molecule has 0 saturated heterocycles. The molecule has 96 valence electrons. The van der Waals surface area contributed by atoms with Crippen molar-refractivity contribution >= 4 is 0 Å². The summed E-state index contributed by atoms with van der Waals surface area (Å²) in [7, 11) is 0. The highest BCUT2D eigenvalue weighted by atomic mass is 19.1. The van der Waals surface area contributed by atoms with Gasteiger partial charge in [-0.05, 0) is 37.0 Å². The first-order valence-electron chi connectivity index (χ1n) is 6.20. The van der Waals surface area contributed by atoms with Gasteiger partial charge in [0.1, 0.15) is 5.82 Å². The van der Waals surface area contributed by atoms with Crippen LogP contribution in [0.2, 0.25) is 0 Å². The minimum atomic E-state index is -0.203. The fraction of sp³-hybridized carbons (Fsp3) is 0.571. The Labute approximate surface area is 103 Å². The third-order valence-electron chi connectivity index (χ3n) is 3.26. The second kappa shape index (κ2) is 6.72. The lowest BCUT2D eigenvalue weighted by Gasteiger charge is -2.26. The van der Waals surface area contributed by atoms with Crippen molar-refractivity contribution in [3.8, 4) is 0 Å². The van der Waals surface area contributed by atoms with Gasteiger partial charge in [0.25, 0.3) is 0 Å². The van der Waals surface area contributed by atoms with Gasteiger partial charge in [-0.2, -0.15) is 0 Å². The van der Waals surface area contributed by atoms with Gasteiger partial charge in [-0.3, -0.25) is 0 Å². The van der Waals surface area contributed by atoms with Gasteiger partial charge in [-0.1, -0.05) is 26.0 Å². The summed E-state index contributed by atoms with van der Waals surface area (Å²) in [5.74, 6) is -0.0109. The van der Waals surface area contributed by atoms with Gasteiger partial charge in [0.2, 0.25) is 0 Å². The van der Waals surface area contributed by atoms with Crippen molar-refractivity contribution in [1.82, 2.24) is 5.32 Å². The normalized spacial score (nSPS) is 16.5. The quantitative estimate of drug-likeness (QED) is 0.800. The Morgan fingerprint density at radius 1 is 1.35 bits per heavy atom. The number of nitrogens with one attached hydrogen (secondary N) is 1. The van der Waals surface area contributed by atoms with Crippen LogP contribution in [-0.4, -0.2) is 17.8 Å². The van der Waals surface area contributed by atoms with Crippen LogP contribution in [0.1, 0.15) is 38.8 Å². The molecule has 0 saturated carbocycles. The number of rotatable bonds is 6. The molecule has 1 rings (SSSR count). The predicted molar refractivity (Wildman–Crippen MR) is 68.3 cm³/mol. The minimum Gasteiger partial charge on any atom is -0.396 e. The molecule has 3 unspecified atom stereocenters. The lowest BCUT2D eigenvalue weighted by molar-refractivity contribution is 0.200. The van der Waals surface area contributed by atoms with Crippen LogP contribution in [0.3, 0.4) is 0 Å². The third kappa shape index (κ3) is 4.10. The molecule has 0 aliphatic heterocycles. The number of hydrogen-bond donors (Lipinski definition) is 2. The average molecular weight is 239 g/mol. The highest BCUT2D eigenvalue weighted by molar-refractivity contribution is 5.20. The van der Waals surface area contributed by atoms with Crippen molar-refractivity contribution in [1.29, 1.82) is 0 Å². The van der Waals surface area contributed by atoms with Crippen LogP contribution in [-0.2, 0) is 0 Å². The summed E-state index contributed by atoms with van der Waals surface area (Å²) in [5, 5.41) is 12.5. The van der Waals surface area contributed by atoms with E-state index in [9.17, 15) is 4.39 Å². The predicted octanol–water partition coefficient (Wildman–Crippen LogP) is 2.88. The maximum absolute atomic E-state index is 13.2. The monoisotopic (exact) mass is 239 g/mol. The molecule has 17 heavy (non-hydrogen) atoms. The SMILES string of the molecule is CCC(NC(C)C(C)CO)c1cccc(F)c1. The molecule has 0 aliphatic carbocycles. The number of aliphatic hydroxyl groups is 1. The summed E-state index contributed by atoms with van der Waals surface area (Å²) in [6, 6.07) is 7.02. The molecular weight excluding hydrogens is 217 g/mol. The largest absolute Gasteiger partial charge is 0.396 e. The molecule has 0 spiro atoms. The van der Waals surface area contributed by atoms with Crippen LogP contribution in [0.25, 0.3) is 0 Å². The Bertz CT molecular complexity index is 343. The molecule has 3 heteroatoms. The fourth-order valence-corrected chi connectivity index (χ4v) is 1.81. The molecular formula is C14H22FNO. The average Bonchev–Trinajstić information content (AvgIpc) is 2.34. The summed E-state index contributed by atoms with van der Waals surface area (Å²) in [5.41, 5.74) is 0.962. The van der Waals surface area contributed by atoms with E-state index in [4.69, 9.17) is 5.11 Å². The van der Waals surface area contributed by atoms with Crippen LogP contribution in [0.5, 0.6) is 0 Å². The highest BCUT2D eigenvalue weighted by Crippen LogP contribution is 2.19. The summed E-state index contributed by atoms with van der Waals surface area (Å²) in [6.07, 6.45) is 0.895. The maximum Gasteiger partial charge on any atom is 0.123 e. The van der Waals surface area contributed by atoms with Gasteiger partial charge in [0.05, 0.1) is 0 Å². The van der Waals surface area contributed by atoms with E-state index in [2.05, 4.69) is 12.2 Å². The Morgan fingerprint density at radius 3 is 2.59 bits per heavy atom. The zero-order valence-corrected chi connectivity index (χ0v) is 10.8. The zero-order chi connectivity index (χ0) is 12.8. The standard InChI is InChI=1S/C14H22FNO/c1-4-14(16-11(3)10(2)9-17)12-6-5-7-13(15)8-12/h5-8,10-11,14,16-17H,4,9H2,1-3H3. The number of hydrogen-bond acceptors (Lipinski definition) is 2. The van der Waals surface area contributed by atoms with Gasteiger partial charge in [0.15, 0.2) is 0 Å². The number of aliphatic hydroxyl groups excluding tert-OH is 1. The van der Waals surface area contributed by atoms with Crippen LogP contribution in [0.4, 0.5) is 4.39 Å². The van der Waals surface area contributed by atoms with Gasteiger partial charge < -0.3 is 10.4 Å². The van der Waals surface area contributed by atoms with Crippen LogP contribution >= 0.6 is 0 Å². The molecule has 2 nitrogen and oxygen atoms in total. The summed E-state index contributed by atoms with van der Waals surface area (Å²) < 4.78 is 13.2. The molecule has 0 amide bonds. The van der Waals surface area contributed by atoms with E-state index in [1.807, 2.05) is 19.9 Å². The van der Waals surface area contributed by atoms with Gasteiger partial charge in [-0.25, -0.2) is 4.39 Å². The van der Waals surface area contributed by atoms with Crippen molar-refractivity contribution in [3.05, 3.63) is 35.6 Å². The second-order valence-electron chi connectivity index (χ2n) is 4.63. The maximum atomic E-state index is 13.2. The molecule has 2 N–H and O–H groups in total. The van der Waals surface area contributed by atoms with Crippen LogP contribution < -0.4 is 5.32 Å². The van der Waals surface area contributed by atoms with E-state index in [1.165, 1.54) is 6.07 Å². The first-order valence-corrected chi connectivity index (χ1v) is 6.20. The van der Waals surface area contributed by atoms with E-state index in [1.54, 1.807) is 12.1 Å². The van der Waals surface area contributed by atoms with Crippen LogP contribution in [0.15, 0.2) is 24.3 Å². The van der Waals surface area contributed by atoms with Crippen molar-refractivity contribution in [2.75, 3.05) is 6.61 Å². The first kappa shape index (κ1) is 14.1. The molecule has 0 heterocycles. The van der Waals surface area contributed by atoms with E-state index >= 15 is 0 Å². The van der Waals surface area contributed by atoms with Crippen molar-refractivity contribution in [2.24, 2.45) is 5.92 Å². The summed E-state index contributed by atoms with van der Waals surface area (Å²) in [6.45, 7) is 6.27. The van der Waals surface area contributed by atoms with Crippen molar-refractivity contribution in [3.63, 3.8) is 0 Å².